The fraction of sp³-hybridized carbons (Fsp3) is 0.154. The largest absolute Gasteiger partial charge is 0.260 e. The van der Waals surface area contributed by atoms with E-state index in [0.29, 0.717) is 0 Å². The second kappa shape index (κ2) is 3.62. The summed E-state index contributed by atoms with van der Waals surface area (Å²) in [5.41, 5.74) is 2.39. The molecule has 1 heterocycles. The van der Waals surface area contributed by atoms with E-state index in [1.807, 2.05) is 12.3 Å². The summed E-state index contributed by atoms with van der Waals surface area (Å²) in [5, 5.41) is 2.50. The molecular formula is C13H13N. The number of rotatable bonds is 2. The average molecular weight is 183 g/mol. The molecule has 1 aromatic heterocycles. The van der Waals surface area contributed by atoms with Crippen LogP contribution in [0, 0.1) is 6.92 Å². The highest BCUT2D eigenvalue weighted by Crippen LogP contribution is 2.18. The Morgan fingerprint density at radius 3 is 3.00 bits per heavy atom. The first-order valence-corrected chi connectivity index (χ1v) is 4.76. The molecule has 1 aromatic carbocycles. The van der Waals surface area contributed by atoms with Gasteiger partial charge in [-0.3, -0.25) is 4.98 Å². The van der Waals surface area contributed by atoms with Crippen molar-refractivity contribution >= 4 is 10.8 Å². The SMILES string of the molecule is C=CCc1nccc2cc(C)ccc12. The number of fused-ring (bicyclic) bond motifs is 1. The molecule has 0 aliphatic rings. The molecule has 0 bridgehead atoms. The van der Waals surface area contributed by atoms with Crippen molar-refractivity contribution in [2.24, 2.45) is 0 Å². The van der Waals surface area contributed by atoms with Crippen molar-refractivity contribution in [3.05, 3.63) is 54.4 Å². The molecular weight excluding hydrogens is 170 g/mol. The Bertz CT molecular complexity index is 472. The van der Waals surface area contributed by atoms with Crippen molar-refractivity contribution in [2.75, 3.05) is 0 Å². The monoisotopic (exact) mass is 183 g/mol. The van der Waals surface area contributed by atoms with Crippen molar-refractivity contribution in [3.63, 3.8) is 0 Å². The highest BCUT2D eigenvalue weighted by Gasteiger charge is 1.99. The minimum atomic E-state index is 0.834. The summed E-state index contributed by atoms with van der Waals surface area (Å²) in [4.78, 5) is 4.36. The van der Waals surface area contributed by atoms with Crippen molar-refractivity contribution < 1.29 is 0 Å². The third-order valence-corrected chi connectivity index (χ3v) is 2.34. The number of hydrogen-bond donors (Lipinski definition) is 0. The minimum absolute atomic E-state index is 0.834. The summed E-state index contributed by atoms with van der Waals surface area (Å²) in [6.07, 6.45) is 4.59. The number of benzene rings is 1. The predicted octanol–water partition coefficient (Wildman–Crippen LogP) is 3.27. The summed E-state index contributed by atoms with van der Waals surface area (Å²) in [7, 11) is 0. The first kappa shape index (κ1) is 8.95. The lowest BCUT2D eigenvalue weighted by Crippen LogP contribution is -1.89. The highest BCUT2D eigenvalue weighted by atomic mass is 14.7. The minimum Gasteiger partial charge on any atom is -0.260 e. The third-order valence-electron chi connectivity index (χ3n) is 2.34. The molecule has 0 radical (unpaired) electrons. The van der Waals surface area contributed by atoms with Gasteiger partial charge in [0.25, 0.3) is 0 Å². The maximum absolute atomic E-state index is 4.36. The van der Waals surface area contributed by atoms with E-state index in [9.17, 15) is 0 Å². The van der Waals surface area contributed by atoms with E-state index >= 15 is 0 Å². The van der Waals surface area contributed by atoms with Crippen LogP contribution in [0.15, 0.2) is 43.1 Å². The lowest BCUT2D eigenvalue weighted by Gasteiger charge is -2.03. The zero-order chi connectivity index (χ0) is 9.97. The summed E-state index contributed by atoms with van der Waals surface area (Å²) in [5.74, 6) is 0. The quantitative estimate of drug-likeness (QED) is 0.651. The van der Waals surface area contributed by atoms with Gasteiger partial charge in [-0.05, 0) is 18.4 Å². The molecule has 1 nitrogen and oxygen atoms in total. The lowest BCUT2D eigenvalue weighted by atomic mass is 10.1. The van der Waals surface area contributed by atoms with Crippen LogP contribution >= 0.6 is 0 Å². The molecule has 0 atom stereocenters. The second-order valence-corrected chi connectivity index (χ2v) is 3.48. The summed E-state index contributed by atoms with van der Waals surface area (Å²) in [6, 6.07) is 8.49. The van der Waals surface area contributed by atoms with Crippen LogP contribution in [0.4, 0.5) is 0 Å². The normalized spacial score (nSPS) is 10.4. The Kier molecular flexibility index (Phi) is 2.32. The molecule has 0 saturated heterocycles. The van der Waals surface area contributed by atoms with E-state index < -0.39 is 0 Å². The summed E-state index contributed by atoms with van der Waals surface area (Å²) >= 11 is 0. The van der Waals surface area contributed by atoms with Crippen LogP contribution in [0.5, 0.6) is 0 Å². The van der Waals surface area contributed by atoms with Crippen molar-refractivity contribution in [1.29, 1.82) is 0 Å². The van der Waals surface area contributed by atoms with Gasteiger partial charge in [-0.2, -0.15) is 0 Å². The number of hydrogen-bond acceptors (Lipinski definition) is 1. The summed E-state index contributed by atoms with van der Waals surface area (Å²) in [6.45, 7) is 5.84. The maximum Gasteiger partial charge on any atom is 0.0519 e. The summed E-state index contributed by atoms with van der Waals surface area (Å²) < 4.78 is 0. The van der Waals surface area contributed by atoms with E-state index in [0.717, 1.165) is 12.1 Å². The van der Waals surface area contributed by atoms with Crippen LogP contribution in [-0.2, 0) is 6.42 Å². The van der Waals surface area contributed by atoms with Crippen LogP contribution < -0.4 is 0 Å². The lowest BCUT2D eigenvalue weighted by molar-refractivity contribution is 1.14. The molecule has 0 amide bonds. The Morgan fingerprint density at radius 2 is 2.21 bits per heavy atom. The molecule has 0 aliphatic carbocycles. The number of aromatic nitrogens is 1. The van der Waals surface area contributed by atoms with Gasteiger partial charge >= 0.3 is 0 Å². The predicted molar refractivity (Wildman–Crippen MR) is 60.4 cm³/mol. The van der Waals surface area contributed by atoms with Crippen LogP contribution in [0.3, 0.4) is 0 Å². The average Bonchev–Trinajstić information content (AvgIpc) is 2.18. The molecule has 0 aliphatic heterocycles. The molecule has 70 valence electrons. The molecule has 14 heavy (non-hydrogen) atoms. The molecule has 0 saturated carbocycles. The van der Waals surface area contributed by atoms with E-state index in [1.165, 1.54) is 16.3 Å². The first-order valence-electron chi connectivity index (χ1n) is 4.76. The first-order chi connectivity index (χ1) is 6.81. The molecule has 1 heteroatoms. The van der Waals surface area contributed by atoms with Crippen LogP contribution in [0.1, 0.15) is 11.3 Å². The fourth-order valence-electron chi connectivity index (χ4n) is 1.66. The van der Waals surface area contributed by atoms with Gasteiger partial charge in [-0.1, -0.05) is 29.8 Å². The van der Waals surface area contributed by atoms with Crippen LogP contribution in [-0.4, -0.2) is 4.98 Å². The van der Waals surface area contributed by atoms with Gasteiger partial charge in [-0.15, -0.1) is 6.58 Å². The smallest absolute Gasteiger partial charge is 0.0519 e. The van der Waals surface area contributed by atoms with Gasteiger partial charge in [0.15, 0.2) is 0 Å². The van der Waals surface area contributed by atoms with Crippen molar-refractivity contribution in [3.8, 4) is 0 Å². The number of aryl methyl sites for hydroxylation is 1. The number of pyridine rings is 1. The highest BCUT2D eigenvalue weighted by molar-refractivity contribution is 5.85. The van der Waals surface area contributed by atoms with E-state index in [1.54, 1.807) is 0 Å². The van der Waals surface area contributed by atoms with Gasteiger partial charge in [-0.25, -0.2) is 0 Å². The Morgan fingerprint density at radius 1 is 1.36 bits per heavy atom. The number of nitrogens with zero attached hydrogens (tertiary/aromatic N) is 1. The molecule has 0 fully saturated rings. The van der Waals surface area contributed by atoms with Gasteiger partial charge in [0.1, 0.15) is 0 Å². The Labute approximate surface area is 84.1 Å². The van der Waals surface area contributed by atoms with E-state index in [4.69, 9.17) is 0 Å². The number of allylic oxidation sites excluding steroid dienone is 1. The molecule has 0 spiro atoms. The van der Waals surface area contributed by atoms with Gasteiger partial charge in [0.05, 0.1) is 5.69 Å². The van der Waals surface area contributed by atoms with Gasteiger partial charge in [0.2, 0.25) is 0 Å². The fourth-order valence-corrected chi connectivity index (χ4v) is 1.66. The van der Waals surface area contributed by atoms with E-state index in [-0.39, 0.29) is 0 Å². The molecule has 0 unspecified atom stereocenters. The van der Waals surface area contributed by atoms with Crippen LogP contribution in [0.25, 0.3) is 10.8 Å². The molecule has 2 rings (SSSR count). The maximum atomic E-state index is 4.36. The van der Waals surface area contributed by atoms with Crippen LogP contribution in [0.2, 0.25) is 0 Å². The van der Waals surface area contributed by atoms with Crippen molar-refractivity contribution in [1.82, 2.24) is 4.98 Å². The zero-order valence-corrected chi connectivity index (χ0v) is 8.33. The van der Waals surface area contributed by atoms with Gasteiger partial charge in [0, 0.05) is 18.0 Å². The third kappa shape index (κ3) is 1.53. The Balaban J connectivity index is 2.68. The molecule has 2 aromatic rings. The van der Waals surface area contributed by atoms with E-state index in [2.05, 4.69) is 42.8 Å². The van der Waals surface area contributed by atoms with Crippen molar-refractivity contribution in [2.45, 2.75) is 13.3 Å². The Hall–Kier alpha value is -1.63. The van der Waals surface area contributed by atoms with Gasteiger partial charge < -0.3 is 0 Å². The standard InChI is InChI=1S/C13H13N/c1-3-4-13-12-6-5-10(2)9-11(12)7-8-14-13/h3,5-9H,1,4H2,2H3. The second-order valence-electron chi connectivity index (χ2n) is 3.48. The zero-order valence-electron chi connectivity index (χ0n) is 8.33. The topological polar surface area (TPSA) is 12.9 Å². The molecule has 0 N–H and O–H groups in total.